The van der Waals surface area contributed by atoms with Crippen LogP contribution in [-0.2, 0) is 0 Å². The standard InChI is InChI=1S/C25H35N.ClH/c1-25(2,3)22-14-16-23(17-15-22)26-19-18-24(20-10-6-4-7-11-20)21-12-8-5-9-13-21;/h4-13,22-24,26H,14-19H2,1-3H3;1H. The summed E-state index contributed by atoms with van der Waals surface area (Å²) in [6.45, 7) is 8.29. The molecule has 3 rings (SSSR count). The van der Waals surface area contributed by atoms with Gasteiger partial charge in [-0.15, -0.1) is 12.4 Å². The summed E-state index contributed by atoms with van der Waals surface area (Å²) >= 11 is 0. The van der Waals surface area contributed by atoms with E-state index >= 15 is 0 Å². The van der Waals surface area contributed by atoms with Gasteiger partial charge in [-0.05, 0) is 61.1 Å². The van der Waals surface area contributed by atoms with Crippen molar-refractivity contribution in [3.8, 4) is 0 Å². The number of hydrogen-bond acceptors (Lipinski definition) is 1. The van der Waals surface area contributed by atoms with Gasteiger partial charge in [-0.2, -0.15) is 0 Å². The zero-order valence-corrected chi connectivity index (χ0v) is 18.0. The maximum atomic E-state index is 3.86. The molecule has 0 bridgehead atoms. The predicted molar refractivity (Wildman–Crippen MR) is 120 cm³/mol. The van der Waals surface area contributed by atoms with Crippen LogP contribution in [0.4, 0.5) is 0 Å². The van der Waals surface area contributed by atoms with E-state index in [2.05, 4.69) is 86.8 Å². The highest BCUT2D eigenvalue weighted by atomic mass is 35.5. The molecule has 0 atom stereocenters. The van der Waals surface area contributed by atoms with E-state index in [0.29, 0.717) is 17.4 Å². The van der Waals surface area contributed by atoms with Crippen LogP contribution in [0.5, 0.6) is 0 Å². The molecular weight excluding hydrogens is 350 g/mol. The smallest absolute Gasteiger partial charge is 0.0101 e. The van der Waals surface area contributed by atoms with Crippen LogP contribution >= 0.6 is 12.4 Å². The molecule has 0 aromatic heterocycles. The van der Waals surface area contributed by atoms with Crippen molar-refractivity contribution in [1.82, 2.24) is 5.32 Å². The van der Waals surface area contributed by atoms with Gasteiger partial charge in [0.15, 0.2) is 0 Å². The Labute approximate surface area is 172 Å². The van der Waals surface area contributed by atoms with E-state index in [-0.39, 0.29) is 12.4 Å². The van der Waals surface area contributed by atoms with Crippen LogP contribution < -0.4 is 5.32 Å². The topological polar surface area (TPSA) is 12.0 Å². The van der Waals surface area contributed by atoms with E-state index in [1.807, 2.05) is 0 Å². The molecule has 1 fully saturated rings. The number of halogens is 1. The summed E-state index contributed by atoms with van der Waals surface area (Å²) in [5.74, 6) is 1.37. The molecule has 1 N–H and O–H groups in total. The van der Waals surface area contributed by atoms with Crippen LogP contribution in [0.3, 0.4) is 0 Å². The monoisotopic (exact) mass is 385 g/mol. The molecule has 0 spiro atoms. The molecule has 2 heteroatoms. The Kier molecular flexibility index (Phi) is 8.38. The first kappa shape index (κ1) is 22.0. The molecule has 2 aromatic carbocycles. The van der Waals surface area contributed by atoms with E-state index in [9.17, 15) is 0 Å². The van der Waals surface area contributed by atoms with Gasteiger partial charge in [0.05, 0.1) is 0 Å². The SMILES string of the molecule is CC(C)(C)C1CCC(NCCC(c2ccccc2)c2ccccc2)CC1.Cl. The van der Waals surface area contributed by atoms with Crippen LogP contribution in [0.2, 0.25) is 0 Å². The van der Waals surface area contributed by atoms with E-state index < -0.39 is 0 Å². The van der Waals surface area contributed by atoms with Crippen LogP contribution in [0.25, 0.3) is 0 Å². The average Bonchev–Trinajstić information content (AvgIpc) is 2.66. The molecular formula is C25H36ClN. The Morgan fingerprint density at radius 1 is 0.815 bits per heavy atom. The van der Waals surface area contributed by atoms with Gasteiger partial charge >= 0.3 is 0 Å². The summed E-state index contributed by atoms with van der Waals surface area (Å²) < 4.78 is 0. The second kappa shape index (κ2) is 10.3. The Balaban J connectivity index is 0.00000261. The zero-order chi connectivity index (χ0) is 18.4. The normalized spacial score (nSPS) is 20.3. The largest absolute Gasteiger partial charge is 0.314 e. The van der Waals surface area contributed by atoms with Crippen molar-refractivity contribution >= 4 is 12.4 Å². The van der Waals surface area contributed by atoms with E-state index in [0.717, 1.165) is 18.9 Å². The predicted octanol–water partition coefficient (Wildman–Crippen LogP) is 6.82. The molecule has 0 amide bonds. The first-order valence-electron chi connectivity index (χ1n) is 10.4. The summed E-state index contributed by atoms with van der Waals surface area (Å²) in [4.78, 5) is 0. The lowest BCUT2D eigenvalue weighted by atomic mass is 9.71. The van der Waals surface area contributed by atoms with Crippen molar-refractivity contribution < 1.29 is 0 Å². The number of benzene rings is 2. The summed E-state index contributed by atoms with van der Waals surface area (Å²) in [5.41, 5.74) is 3.32. The number of rotatable bonds is 6. The molecule has 1 aliphatic carbocycles. The molecule has 148 valence electrons. The molecule has 0 unspecified atom stereocenters. The Hall–Kier alpha value is -1.31. The molecule has 1 saturated carbocycles. The van der Waals surface area contributed by atoms with Gasteiger partial charge in [-0.1, -0.05) is 81.4 Å². The fourth-order valence-corrected chi connectivity index (χ4v) is 4.49. The van der Waals surface area contributed by atoms with Gasteiger partial charge in [0.1, 0.15) is 0 Å². The third kappa shape index (κ3) is 6.36. The molecule has 0 radical (unpaired) electrons. The summed E-state index contributed by atoms with van der Waals surface area (Å²) in [6.07, 6.45) is 6.59. The van der Waals surface area contributed by atoms with Crippen LogP contribution in [0, 0.1) is 11.3 Å². The molecule has 2 aromatic rings. The summed E-state index contributed by atoms with van der Waals surface area (Å²) in [6, 6.07) is 22.6. The van der Waals surface area contributed by atoms with E-state index in [1.165, 1.54) is 36.8 Å². The lowest BCUT2D eigenvalue weighted by Crippen LogP contribution is -2.37. The minimum atomic E-state index is 0. The van der Waals surface area contributed by atoms with Gasteiger partial charge < -0.3 is 5.32 Å². The van der Waals surface area contributed by atoms with Gasteiger partial charge in [-0.3, -0.25) is 0 Å². The van der Waals surface area contributed by atoms with Crippen molar-refractivity contribution in [3.63, 3.8) is 0 Å². The fraction of sp³-hybridized carbons (Fsp3) is 0.520. The third-order valence-corrected chi connectivity index (χ3v) is 6.22. The van der Waals surface area contributed by atoms with Crippen molar-refractivity contribution in [2.75, 3.05) is 6.54 Å². The Morgan fingerprint density at radius 3 is 1.74 bits per heavy atom. The lowest BCUT2D eigenvalue weighted by molar-refractivity contribution is 0.160. The van der Waals surface area contributed by atoms with Crippen molar-refractivity contribution in [1.29, 1.82) is 0 Å². The highest BCUT2D eigenvalue weighted by molar-refractivity contribution is 5.85. The highest BCUT2D eigenvalue weighted by Crippen LogP contribution is 2.37. The average molecular weight is 386 g/mol. The van der Waals surface area contributed by atoms with Gasteiger partial charge in [-0.25, -0.2) is 0 Å². The van der Waals surface area contributed by atoms with Gasteiger partial charge in [0.2, 0.25) is 0 Å². The zero-order valence-electron chi connectivity index (χ0n) is 17.2. The quantitative estimate of drug-likeness (QED) is 0.574. The Morgan fingerprint density at radius 2 is 1.30 bits per heavy atom. The van der Waals surface area contributed by atoms with Gasteiger partial charge in [0, 0.05) is 12.0 Å². The molecule has 0 saturated heterocycles. The second-order valence-electron chi connectivity index (χ2n) is 9.03. The maximum absolute atomic E-state index is 3.86. The number of hydrogen-bond donors (Lipinski definition) is 1. The molecule has 1 nitrogen and oxygen atoms in total. The van der Waals surface area contributed by atoms with Crippen molar-refractivity contribution in [2.24, 2.45) is 11.3 Å². The first-order chi connectivity index (χ1) is 12.5. The molecule has 27 heavy (non-hydrogen) atoms. The van der Waals surface area contributed by atoms with Crippen LogP contribution in [-0.4, -0.2) is 12.6 Å². The van der Waals surface area contributed by atoms with E-state index in [4.69, 9.17) is 0 Å². The van der Waals surface area contributed by atoms with Gasteiger partial charge in [0.25, 0.3) is 0 Å². The minimum absolute atomic E-state index is 0. The fourth-order valence-electron chi connectivity index (χ4n) is 4.49. The summed E-state index contributed by atoms with van der Waals surface area (Å²) in [5, 5.41) is 3.86. The highest BCUT2D eigenvalue weighted by Gasteiger charge is 2.29. The number of nitrogens with one attached hydrogen (secondary N) is 1. The van der Waals surface area contributed by atoms with Crippen molar-refractivity contribution in [3.05, 3.63) is 71.8 Å². The summed E-state index contributed by atoms with van der Waals surface area (Å²) in [7, 11) is 0. The first-order valence-corrected chi connectivity index (χ1v) is 10.4. The lowest BCUT2D eigenvalue weighted by Gasteiger charge is -2.37. The molecule has 0 heterocycles. The van der Waals surface area contributed by atoms with Crippen LogP contribution in [0.1, 0.15) is 69.9 Å². The maximum Gasteiger partial charge on any atom is 0.0101 e. The van der Waals surface area contributed by atoms with Crippen molar-refractivity contribution in [2.45, 2.75) is 64.8 Å². The minimum Gasteiger partial charge on any atom is -0.314 e. The second-order valence-corrected chi connectivity index (χ2v) is 9.03. The molecule has 1 aliphatic rings. The van der Waals surface area contributed by atoms with E-state index in [1.54, 1.807) is 0 Å². The molecule has 0 aliphatic heterocycles. The Bertz CT molecular complexity index is 600. The third-order valence-electron chi connectivity index (χ3n) is 6.22. The van der Waals surface area contributed by atoms with Crippen LogP contribution in [0.15, 0.2) is 60.7 Å².